The fourth-order valence-corrected chi connectivity index (χ4v) is 2.16. The van der Waals surface area contributed by atoms with Crippen LogP contribution >= 0.6 is 15.9 Å². The van der Waals surface area contributed by atoms with Crippen LogP contribution in [0.15, 0.2) is 58.0 Å². The highest BCUT2D eigenvalue weighted by atomic mass is 79.9. The van der Waals surface area contributed by atoms with E-state index in [2.05, 4.69) is 20.9 Å². The fraction of sp³-hybridized carbons (Fsp3) is 0.133. The molecular weight excluding hydrogens is 306 g/mol. The van der Waals surface area contributed by atoms with Crippen LogP contribution in [0, 0.1) is 0 Å². The number of carbonyl (C=O) groups excluding carboxylic acids is 1. The van der Waals surface area contributed by atoms with Gasteiger partial charge in [0.15, 0.2) is 0 Å². The first-order valence-electron chi connectivity index (χ1n) is 5.78. The Morgan fingerprint density at radius 3 is 2.58 bits per heavy atom. The van der Waals surface area contributed by atoms with Crippen molar-refractivity contribution >= 4 is 22.0 Å². The van der Waals surface area contributed by atoms with Crippen LogP contribution in [0.1, 0.15) is 11.1 Å². The maximum absolute atomic E-state index is 10.1. The maximum Gasteiger partial charge on any atom is 0.235 e. The van der Waals surface area contributed by atoms with Gasteiger partial charge in [-0.2, -0.15) is 0 Å². The van der Waals surface area contributed by atoms with Crippen LogP contribution in [-0.2, 0) is 17.9 Å². The first kappa shape index (κ1) is 13.5. The molecule has 3 nitrogen and oxygen atoms in total. The molecule has 0 fully saturated rings. The fourth-order valence-electron chi connectivity index (χ4n) is 1.62. The minimum Gasteiger partial charge on any atom is -0.488 e. The summed E-state index contributed by atoms with van der Waals surface area (Å²) < 4.78 is 6.58. The number of hydrogen-bond donors (Lipinski definition) is 0. The molecule has 0 unspecified atom stereocenters. The standard InChI is InChI=1S/C15H12BrNO2/c16-14-8-13(9-17-11-18)6-7-15(14)19-10-12-4-2-1-3-5-12/h1-8H,9-10H2. The van der Waals surface area contributed by atoms with E-state index in [0.717, 1.165) is 21.3 Å². The van der Waals surface area contributed by atoms with Crippen molar-refractivity contribution in [1.29, 1.82) is 0 Å². The number of rotatable bonds is 5. The SMILES string of the molecule is O=C=NCc1ccc(OCc2ccccc2)c(Br)c1. The third-order valence-corrected chi connectivity index (χ3v) is 3.18. The molecule has 0 aliphatic rings. The third kappa shape index (κ3) is 4.05. The Hall–Kier alpha value is -1.90. The van der Waals surface area contributed by atoms with E-state index in [4.69, 9.17) is 4.74 Å². The predicted molar refractivity (Wildman–Crippen MR) is 76.7 cm³/mol. The Bertz CT molecular complexity index is 592. The van der Waals surface area contributed by atoms with Crippen LogP contribution < -0.4 is 4.74 Å². The second-order valence-electron chi connectivity index (χ2n) is 3.95. The molecule has 0 aromatic heterocycles. The molecule has 0 amide bonds. The van der Waals surface area contributed by atoms with Gasteiger partial charge in [0.2, 0.25) is 6.08 Å². The summed E-state index contributed by atoms with van der Waals surface area (Å²) >= 11 is 3.45. The minimum atomic E-state index is 0.334. The van der Waals surface area contributed by atoms with E-state index >= 15 is 0 Å². The predicted octanol–water partition coefficient (Wildman–Crippen LogP) is 3.86. The molecule has 0 aliphatic heterocycles. The van der Waals surface area contributed by atoms with E-state index in [1.807, 2.05) is 48.5 Å². The highest BCUT2D eigenvalue weighted by Gasteiger charge is 2.03. The van der Waals surface area contributed by atoms with Crippen LogP contribution in [0.2, 0.25) is 0 Å². The Morgan fingerprint density at radius 1 is 1.11 bits per heavy atom. The zero-order valence-electron chi connectivity index (χ0n) is 10.2. The van der Waals surface area contributed by atoms with Gasteiger partial charge in [-0.05, 0) is 39.2 Å². The molecule has 0 spiro atoms. The summed E-state index contributed by atoms with van der Waals surface area (Å²) in [5, 5.41) is 0. The van der Waals surface area contributed by atoms with E-state index in [9.17, 15) is 4.79 Å². The summed E-state index contributed by atoms with van der Waals surface area (Å²) in [6, 6.07) is 15.6. The monoisotopic (exact) mass is 317 g/mol. The average molecular weight is 318 g/mol. The lowest BCUT2D eigenvalue weighted by atomic mass is 10.2. The van der Waals surface area contributed by atoms with Gasteiger partial charge >= 0.3 is 0 Å². The van der Waals surface area contributed by atoms with E-state index in [-0.39, 0.29) is 0 Å². The van der Waals surface area contributed by atoms with Crippen molar-refractivity contribution in [1.82, 2.24) is 0 Å². The van der Waals surface area contributed by atoms with Gasteiger partial charge in [0.1, 0.15) is 12.4 Å². The van der Waals surface area contributed by atoms with E-state index in [0.29, 0.717) is 13.2 Å². The van der Waals surface area contributed by atoms with Gasteiger partial charge < -0.3 is 4.74 Å². The Morgan fingerprint density at radius 2 is 1.89 bits per heavy atom. The van der Waals surface area contributed by atoms with Crippen LogP contribution in [0.5, 0.6) is 5.75 Å². The van der Waals surface area contributed by atoms with Crippen LogP contribution in [0.4, 0.5) is 0 Å². The van der Waals surface area contributed by atoms with Crippen molar-refractivity contribution in [3.8, 4) is 5.75 Å². The van der Waals surface area contributed by atoms with Gasteiger partial charge in [-0.1, -0.05) is 36.4 Å². The molecule has 96 valence electrons. The quantitative estimate of drug-likeness (QED) is 0.620. The smallest absolute Gasteiger partial charge is 0.235 e. The highest BCUT2D eigenvalue weighted by molar-refractivity contribution is 9.10. The summed E-state index contributed by atoms with van der Waals surface area (Å²) in [7, 11) is 0. The normalized spacial score (nSPS) is 9.74. The lowest BCUT2D eigenvalue weighted by Crippen LogP contribution is -1.96. The summed E-state index contributed by atoms with van der Waals surface area (Å²) in [6.07, 6.45) is 1.53. The molecule has 2 rings (SSSR count). The number of isocyanates is 1. The molecule has 0 heterocycles. The molecule has 0 N–H and O–H groups in total. The molecule has 2 aromatic rings. The Kier molecular flexibility index (Phi) is 4.90. The first-order valence-corrected chi connectivity index (χ1v) is 6.57. The Balaban J connectivity index is 2.03. The zero-order chi connectivity index (χ0) is 13.5. The topological polar surface area (TPSA) is 38.7 Å². The van der Waals surface area contributed by atoms with Gasteiger partial charge in [-0.3, -0.25) is 0 Å². The summed E-state index contributed by atoms with van der Waals surface area (Å²) in [5.41, 5.74) is 2.05. The molecule has 19 heavy (non-hydrogen) atoms. The molecule has 0 radical (unpaired) electrons. The van der Waals surface area contributed by atoms with E-state index in [1.165, 1.54) is 6.08 Å². The van der Waals surface area contributed by atoms with Crippen LogP contribution in [0.25, 0.3) is 0 Å². The van der Waals surface area contributed by atoms with Crippen molar-refractivity contribution in [3.05, 3.63) is 64.1 Å². The number of aliphatic imine (C=N–C) groups is 1. The summed E-state index contributed by atoms with van der Waals surface area (Å²) in [6.45, 7) is 0.854. The Labute approximate surface area is 120 Å². The van der Waals surface area contributed by atoms with Crippen LogP contribution in [-0.4, -0.2) is 6.08 Å². The van der Waals surface area contributed by atoms with Gasteiger partial charge in [-0.25, -0.2) is 9.79 Å². The van der Waals surface area contributed by atoms with Gasteiger partial charge in [0.05, 0.1) is 11.0 Å². The molecular formula is C15H12BrNO2. The largest absolute Gasteiger partial charge is 0.488 e. The molecule has 0 saturated carbocycles. The minimum absolute atomic E-state index is 0.334. The molecule has 0 atom stereocenters. The number of ether oxygens (including phenoxy) is 1. The number of halogens is 1. The van der Waals surface area contributed by atoms with Crippen LogP contribution in [0.3, 0.4) is 0 Å². The maximum atomic E-state index is 10.1. The lowest BCUT2D eigenvalue weighted by Gasteiger charge is -2.09. The van der Waals surface area contributed by atoms with Gasteiger partial charge in [0, 0.05) is 0 Å². The molecule has 0 saturated heterocycles. The van der Waals surface area contributed by atoms with Crippen molar-refractivity contribution in [2.24, 2.45) is 4.99 Å². The average Bonchev–Trinajstić information content (AvgIpc) is 2.45. The van der Waals surface area contributed by atoms with E-state index < -0.39 is 0 Å². The van der Waals surface area contributed by atoms with Gasteiger partial charge in [-0.15, -0.1) is 0 Å². The third-order valence-electron chi connectivity index (χ3n) is 2.56. The van der Waals surface area contributed by atoms with Crippen molar-refractivity contribution in [3.63, 3.8) is 0 Å². The second kappa shape index (κ2) is 6.88. The molecule has 0 bridgehead atoms. The van der Waals surface area contributed by atoms with E-state index in [1.54, 1.807) is 0 Å². The van der Waals surface area contributed by atoms with Crippen molar-refractivity contribution < 1.29 is 9.53 Å². The second-order valence-corrected chi connectivity index (χ2v) is 4.80. The summed E-state index contributed by atoms with van der Waals surface area (Å²) in [4.78, 5) is 13.6. The lowest BCUT2D eigenvalue weighted by molar-refractivity contribution is 0.304. The van der Waals surface area contributed by atoms with Crippen molar-refractivity contribution in [2.75, 3.05) is 0 Å². The molecule has 4 heteroatoms. The van der Waals surface area contributed by atoms with Crippen molar-refractivity contribution in [2.45, 2.75) is 13.2 Å². The summed E-state index contributed by atoms with van der Waals surface area (Å²) in [5.74, 6) is 0.766. The zero-order valence-corrected chi connectivity index (χ0v) is 11.8. The molecule has 2 aromatic carbocycles. The highest BCUT2D eigenvalue weighted by Crippen LogP contribution is 2.27. The number of benzene rings is 2. The number of hydrogen-bond acceptors (Lipinski definition) is 3. The number of nitrogens with zero attached hydrogens (tertiary/aromatic N) is 1. The molecule has 0 aliphatic carbocycles. The van der Waals surface area contributed by atoms with Gasteiger partial charge in [0.25, 0.3) is 0 Å². The first-order chi connectivity index (χ1) is 9.29.